The number of benzene rings is 6. The Morgan fingerprint density at radius 3 is 1.82 bits per heavy atom. The molecule has 234 valence electrons. The molecule has 50 heavy (non-hydrogen) atoms. The van der Waals surface area contributed by atoms with E-state index < -0.39 is 5.41 Å². The van der Waals surface area contributed by atoms with Crippen molar-refractivity contribution in [1.29, 1.82) is 0 Å². The van der Waals surface area contributed by atoms with Crippen LogP contribution in [0.25, 0.3) is 72.5 Å². The molecule has 0 amide bonds. The lowest BCUT2D eigenvalue weighted by Crippen LogP contribution is -2.26. The normalized spacial score (nSPS) is 14.8. The summed E-state index contributed by atoms with van der Waals surface area (Å²) in [6, 6.07) is 47.8. The Labute approximate surface area is 289 Å². The molecule has 11 rings (SSSR count). The number of allylic oxidation sites excluding steroid dienone is 4. The summed E-state index contributed by atoms with van der Waals surface area (Å²) < 4.78 is 6.31. The van der Waals surface area contributed by atoms with Crippen LogP contribution >= 0.6 is 0 Å². The molecule has 3 aliphatic carbocycles. The van der Waals surface area contributed by atoms with Gasteiger partial charge in [-0.1, -0.05) is 133 Å². The molecule has 4 nitrogen and oxygen atoms in total. The molecule has 0 saturated carbocycles. The molecule has 0 N–H and O–H groups in total. The molecule has 0 radical (unpaired) electrons. The molecule has 0 saturated heterocycles. The van der Waals surface area contributed by atoms with Gasteiger partial charge in [0, 0.05) is 27.5 Å². The first-order valence-corrected chi connectivity index (χ1v) is 17.3. The summed E-state index contributed by atoms with van der Waals surface area (Å²) in [5.74, 6) is 1.97. The number of hydrogen-bond donors (Lipinski definition) is 0. The first-order chi connectivity index (χ1) is 24.8. The number of rotatable bonds is 3. The lowest BCUT2D eigenvalue weighted by atomic mass is 9.69. The molecule has 0 fully saturated rings. The van der Waals surface area contributed by atoms with Gasteiger partial charge in [-0.15, -0.1) is 0 Å². The number of furan rings is 1. The summed E-state index contributed by atoms with van der Waals surface area (Å²) in [7, 11) is 0. The zero-order valence-electron chi connectivity index (χ0n) is 27.1. The van der Waals surface area contributed by atoms with Gasteiger partial charge in [-0.25, -0.2) is 15.0 Å². The SMILES string of the molecule is C1=CC(c2nc(-c3ccc4c(c3)oc3ccccc34)nc(-c3cccc4c3C3(c5ccccc5-c5ccccc53)c3ccccc3-4)n2)=CCC1. The van der Waals surface area contributed by atoms with E-state index in [1.165, 1.54) is 44.5 Å². The predicted molar refractivity (Wildman–Crippen MR) is 201 cm³/mol. The predicted octanol–water partition coefficient (Wildman–Crippen LogP) is 11.2. The molecule has 4 heteroatoms. The summed E-state index contributed by atoms with van der Waals surface area (Å²) in [6.45, 7) is 0. The summed E-state index contributed by atoms with van der Waals surface area (Å²) in [5, 5.41) is 2.18. The Bertz CT molecular complexity index is 2720. The summed E-state index contributed by atoms with van der Waals surface area (Å²) in [5.41, 5.74) is 14.2. The Balaban J connectivity index is 1.20. The topological polar surface area (TPSA) is 51.8 Å². The molecule has 3 aliphatic rings. The van der Waals surface area contributed by atoms with Crippen molar-refractivity contribution >= 4 is 27.5 Å². The fourth-order valence-corrected chi connectivity index (χ4v) is 8.74. The summed E-state index contributed by atoms with van der Waals surface area (Å²) in [4.78, 5) is 15.7. The lowest BCUT2D eigenvalue weighted by Gasteiger charge is -2.31. The first kappa shape index (κ1) is 27.5. The summed E-state index contributed by atoms with van der Waals surface area (Å²) in [6.07, 6.45) is 8.56. The van der Waals surface area contributed by atoms with Crippen LogP contribution in [0.2, 0.25) is 0 Å². The minimum Gasteiger partial charge on any atom is -0.456 e. The van der Waals surface area contributed by atoms with Crippen LogP contribution in [0.3, 0.4) is 0 Å². The van der Waals surface area contributed by atoms with E-state index in [1.54, 1.807) is 0 Å². The maximum Gasteiger partial charge on any atom is 0.164 e. The van der Waals surface area contributed by atoms with Crippen LogP contribution < -0.4 is 0 Å². The zero-order chi connectivity index (χ0) is 32.8. The fourth-order valence-electron chi connectivity index (χ4n) is 8.74. The summed E-state index contributed by atoms with van der Waals surface area (Å²) >= 11 is 0. The molecule has 0 bridgehead atoms. The van der Waals surface area contributed by atoms with Crippen LogP contribution in [0.4, 0.5) is 0 Å². The number of hydrogen-bond acceptors (Lipinski definition) is 4. The van der Waals surface area contributed by atoms with Gasteiger partial charge in [0.15, 0.2) is 17.5 Å². The van der Waals surface area contributed by atoms with Crippen molar-refractivity contribution in [2.24, 2.45) is 0 Å². The smallest absolute Gasteiger partial charge is 0.164 e. The highest BCUT2D eigenvalue weighted by Crippen LogP contribution is 2.64. The average molecular weight is 640 g/mol. The van der Waals surface area contributed by atoms with Crippen molar-refractivity contribution in [3.63, 3.8) is 0 Å². The van der Waals surface area contributed by atoms with Gasteiger partial charge in [0.05, 0.1) is 5.41 Å². The number of para-hydroxylation sites is 1. The van der Waals surface area contributed by atoms with Crippen molar-refractivity contribution in [2.45, 2.75) is 18.3 Å². The van der Waals surface area contributed by atoms with Crippen LogP contribution in [0.15, 0.2) is 156 Å². The van der Waals surface area contributed by atoms with E-state index in [1.807, 2.05) is 18.2 Å². The molecule has 2 heterocycles. The van der Waals surface area contributed by atoms with Gasteiger partial charge in [-0.2, -0.15) is 0 Å². The van der Waals surface area contributed by atoms with Gasteiger partial charge in [-0.3, -0.25) is 0 Å². The third-order valence-electron chi connectivity index (χ3n) is 10.8. The Morgan fingerprint density at radius 2 is 1.08 bits per heavy atom. The van der Waals surface area contributed by atoms with Crippen molar-refractivity contribution in [3.05, 3.63) is 180 Å². The Hall–Kier alpha value is -6.39. The third kappa shape index (κ3) is 3.68. The van der Waals surface area contributed by atoms with Gasteiger partial charge >= 0.3 is 0 Å². The molecule has 0 atom stereocenters. The molecule has 0 unspecified atom stereocenters. The molecule has 6 aromatic carbocycles. The van der Waals surface area contributed by atoms with Crippen LogP contribution in [-0.4, -0.2) is 15.0 Å². The van der Waals surface area contributed by atoms with Crippen molar-refractivity contribution in [3.8, 4) is 45.0 Å². The van der Waals surface area contributed by atoms with Crippen LogP contribution in [0.1, 0.15) is 40.9 Å². The molecular weight excluding hydrogens is 611 g/mol. The number of aromatic nitrogens is 3. The van der Waals surface area contributed by atoms with Gasteiger partial charge < -0.3 is 4.42 Å². The largest absolute Gasteiger partial charge is 0.456 e. The molecular formula is C46H29N3O. The Kier molecular flexibility index (Phi) is 5.68. The van der Waals surface area contributed by atoms with Crippen LogP contribution in [0, 0.1) is 0 Å². The molecule has 2 aromatic heterocycles. The second-order valence-electron chi connectivity index (χ2n) is 13.4. The van der Waals surface area contributed by atoms with E-state index in [0.29, 0.717) is 17.5 Å². The van der Waals surface area contributed by atoms with Crippen LogP contribution in [0.5, 0.6) is 0 Å². The van der Waals surface area contributed by atoms with Gasteiger partial charge in [0.25, 0.3) is 0 Å². The molecule has 1 spiro atoms. The minimum atomic E-state index is -0.514. The van der Waals surface area contributed by atoms with Crippen molar-refractivity contribution in [2.75, 3.05) is 0 Å². The van der Waals surface area contributed by atoms with Crippen molar-refractivity contribution in [1.82, 2.24) is 15.0 Å². The highest BCUT2D eigenvalue weighted by atomic mass is 16.3. The van der Waals surface area contributed by atoms with Crippen molar-refractivity contribution < 1.29 is 4.42 Å². The van der Waals surface area contributed by atoms with Gasteiger partial charge in [-0.05, 0) is 75.5 Å². The minimum absolute atomic E-state index is 0.514. The second kappa shape index (κ2) is 10.3. The maximum atomic E-state index is 6.31. The maximum absolute atomic E-state index is 6.31. The molecule has 8 aromatic rings. The van der Waals surface area contributed by atoms with E-state index in [4.69, 9.17) is 19.4 Å². The van der Waals surface area contributed by atoms with Crippen LogP contribution in [-0.2, 0) is 5.41 Å². The quantitative estimate of drug-likeness (QED) is 0.193. The second-order valence-corrected chi connectivity index (χ2v) is 13.4. The standard InChI is InChI=1S/C46H29N3O/c1-2-13-28(14-3-1)43-47-44(29-25-26-34-33-18-7-11-24-40(33)50-41(34)27-29)49-45(48-43)36-20-12-19-35-32-17-6-10-23-39(32)46(42(35)36)37-21-8-4-15-30(37)31-16-5-9-22-38(31)46/h2,4-27H,1,3H2. The monoisotopic (exact) mass is 639 g/mol. The highest BCUT2D eigenvalue weighted by molar-refractivity contribution is 6.06. The molecule has 0 aliphatic heterocycles. The van der Waals surface area contributed by atoms with Gasteiger partial charge in [0.1, 0.15) is 11.2 Å². The van der Waals surface area contributed by atoms with E-state index in [2.05, 4.69) is 133 Å². The first-order valence-electron chi connectivity index (χ1n) is 17.3. The number of fused-ring (bicyclic) bond motifs is 13. The third-order valence-corrected chi connectivity index (χ3v) is 10.8. The van der Waals surface area contributed by atoms with E-state index >= 15 is 0 Å². The average Bonchev–Trinajstić information content (AvgIpc) is 3.82. The number of nitrogens with zero attached hydrogens (tertiary/aromatic N) is 3. The fraction of sp³-hybridized carbons (Fsp3) is 0.0652. The lowest BCUT2D eigenvalue weighted by molar-refractivity contribution is 0.669. The van der Waals surface area contributed by atoms with Gasteiger partial charge in [0.2, 0.25) is 0 Å². The van der Waals surface area contributed by atoms with E-state index in [9.17, 15) is 0 Å². The van der Waals surface area contributed by atoms with E-state index in [-0.39, 0.29) is 0 Å². The van der Waals surface area contributed by atoms with E-state index in [0.717, 1.165) is 51.5 Å². The Morgan fingerprint density at radius 1 is 0.480 bits per heavy atom. The highest BCUT2D eigenvalue weighted by Gasteiger charge is 2.52. The zero-order valence-corrected chi connectivity index (χ0v) is 27.1.